The van der Waals surface area contributed by atoms with Gasteiger partial charge in [0.15, 0.2) is 5.82 Å². The zero-order valence-electron chi connectivity index (χ0n) is 15.9. The summed E-state index contributed by atoms with van der Waals surface area (Å²) >= 11 is 0. The molecule has 2 N–H and O–H groups in total. The minimum Gasteiger partial charge on any atom is -0.385 e. The number of aromatic nitrogens is 2. The average molecular weight is 370 g/mol. The number of rotatable bonds is 7. The topological polar surface area (TPSA) is 85.2 Å². The lowest BCUT2D eigenvalue weighted by atomic mass is 10.1. The second-order valence-corrected chi connectivity index (χ2v) is 6.76. The minimum atomic E-state index is -0.291. The second-order valence-electron chi connectivity index (χ2n) is 6.76. The molecule has 0 bridgehead atoms. The third kappa shape index (κ3) is 4.54. The van der Waals surface area contributed by atoms with Crippen LogP contribution in [0.15, 0.2) is 24.3 Å². The van der Waals surface area contributed by atoms with Gasteiger partial charge in [0, 0.05) is 32.5 Å². The standard InChI is InChI=1S/C20H26N4O3/c1-14-7-9-15(10-8-14)22-20(26)18-23-17(16-6-3-4-12-24(16)18)19(25)21-11-5-13-27-2/h7-10H,3-6,11-13H2,1-2H3,(H,21,25)(H,22,26). The van der Waals surface area contributed by atoms with Gasteiger partial charge < -0.3 is 19.9 Å². The van der Waals surface area contributed by atoms with Crippen molar-refractivity contribution >= 4 is 17.5 Å². The number of amides is 2. The minimum absolute atomic E-state index is 0.230. The van der Waals surface area contributed by atoms with Crippen LogP contribution < -0.4 is 10.6 Å². The van der Waals surface area contributed by atoms with Gasteiger partial charge in [-0.25, -0.2) is 4.98 Å². The summed E-state index contributed by atoms with van der Waals surface area (Å²) in [6.07, 6.45) is 3.46. The van der Waals surface area contributed by atoms with E-state index in [1.165, 1.54) is 0 Å². The molecule has 7 heteroatoms. The number of imidazole rings is 1. The number of carbonyl (C=O) groups is 2. The van der Waals surface area contributed by atoms with E-state index in [9.17, 15) is 9.59 Å². The first-order valence-corrected chi connectivity index (χ1v) is 9.34. The molecule has 144 valence electrons. The molecule has 0 saturated heterocycles. The normalized spacial score (nSPS) is 13.1. The van der Waals surface area contributed by atoms with E-state index in [0.29, 0.717) is 36.9 Å². The maximum absolute atomic E-state index is 12.8. The van der Waals surface area contributed by atoms with Crippen LogP contribution in [0, 0.1) is 6.92 Å². The molecule has 0 atom stereocenters. The highest BCUT2D eigenvalue weighted by molar-refractivity contribution is 6.03. The van der Waals surface area contributed by atoms with Gasteiger partial charge in [-0.1, -0.05) is 17.7 Å². The van der Waals surface area contributed by atoms with Crippen molar-refractivity contribution in [1.82, 2.24) is 14.9 Å². The van der Waals surface area contributed by atoms with Crippen molar-refractivity contribution in [2.45, 2.75) is 39.2 Å². The number of carbonyl (C=O) groups excluding carboxylic acids is 2. The second kappa shape index (κ2) is 8.81. The number of anilines is 1. The van der Waals surface area contributed by atoms with Gasteiger partial charge in [0.2, 0.25) is 0 Å². The van der Waals surface area contributed by atoms with Gasteiger partial charge in [0.1, 0.15) is 5.69 Å². The molecule has 0 saturated carbocycles. The summed E-state index contributed by atoms with van der Waals surface area (Å²) in [7, 11) is 1.63. The zero-order chi connectivity index (χ0) is 19.2. The van der Waals surface area contributed by atoms with Crippen LogP contribution in [-0.4, -0.2) is 41.6 Å². The van der Waals surface area contributed by atoms with E-state index < -0.39 is 0 Å². The Morgan fingerprint density at radius 3 is 2.70 bits per heavy atom. The SMILES string of the molecule is COCCCNC(=O)c1nc(C(=O)Nc2ccc(C)cc2)n2c1CCCC2. The molecule has 27 heavy (non-hydrogen) atoms. The molecule has 1 aliphatic rings. The summed E-state index contributed by atoms with van der Waals surface area (Å²) in [6.45, 7) is 3.81. The molecule has 2 amide bonds. The van der Waals surface area contributed by atoms with Gasteiger partial charge in [-0.3, -0.25) is 9.59 Å². The smallest absolute Gasteiger partial charge is 0.291 e. The Labute approximate surface area is 159 Å². The van der Waals surface area contributed by atoms with E-state index in [4.69, 9.17) is 4.74 Å². The molecule has 0 spiro atoms. The molecule has 1 aromatic carbocycles. The van der Waals surface area contributed by atoms with Crippen LogP contribution in [0.1, 0.15) is 51.6 Å². The molecule has 1 aliphatic heterocycles. The van der Waals surface area contributed by atoms with Gasteiger partial charge in [-0.15, -0.1) is 0 Å². The van der Waals surface area contributed by atoms with Crippen molar-refractivity contribution in [3.63, 3.8) is 0 Å². The first kappa shape index (κ1) is 19.1. The first-order chi connectivity index (χ1) is 13.1. The molecule has 1 aromatic heterocycles. The van der Waals surface area contributed by atoms with Gasteiger partial charge in [0.25, 0.3) is 11.8 Å². The molecular formula is C20H26N4O3. The number of aryl methyl sites for hydroxylation is 1. The van der Waals surface area contributed by atoms with E-state index in [1.807, 2.05) is 35.8 Å². The fourth-order valence-corrected chi connectivity index (χ4v) is 3.22. The summed E-state index contributed by atoms with van der Waals surface area (Å²) in [5.74, 6) is -0.223. The quantitative estimate of drug-likeness (QED) is 0.734. The van der Waals surface area contributed by atoms with E-state index in [-0.39, 0.29) is 11.8 Å². The predicted octanol–water partition coefficient (Wildman–Crippen LogP) is 2.55. The summed E-state index contributed by atoms with van der Waals surface area (Å²) < 4.78 is 6.88. The van der Waals surface area contributed by atoms with Gasteiger partial charge >= 0.3 is 0 Å². The van der Waals surface area contributed by atoms with Gasteiger partial charge in [-0.2, -0.15) is 0 Å². The van der Waals surface area contributed by atoms with Crippen LogP contribution in [0.5, 0.6) is 0 Å². The zero-order valence-corrected chi connectivity index (χ0v) is 15.9. The number of benzene rings is 1. The van der Waals surface area contributed by atoms with Crippen molar-refractivity contribution < 1.29 is 14.3 Å². The Hall–Kier alpha value is -2.67. The lowest BCUT2D eigenvalue weighted by Crippen LogP contribution is -2.27. The lowest BCUT2D eigenvalue weighted by Gasteiger charge is -2.17. The molecule has 0 unspecified atom stereocenters. The van der Waals surface area contributed by atoms with Crippen molar-refractivity contribution in [2.75, 3.05) is 25.6 Å². The Bertz CT molecular complexity index is 811. The highest BCUT2D eigenvalue weighted by Crippen LogP contribution is 2.22. The molecular weight excluding hydrogens is 344 g/mol. The van der Waals surface area contributed by atoms with Crippen LogP contribution in [-0.2, 0) is 17.7 Å². The van der Waals surface area contributed by atoms with Gasteiger partial charge in [-0.05, 0) is 44.7 Å². The average Bonchev–Trinajstić information content (AvgIpc) is 3.07. The van der Waals surface area contributed by atoms with E-state index in [2.05, 4.69) is 15.6 Å². The lowest BCUT2D eigenvalue weighted by molar-refractivity contribution is 0.0942. The van der Waals surface area contributed by atoms with Crippen LogP contribution in [0.2, 0.25) is 0 Å². The molecule has 2 aromatic rings. The Morgan fingerprint density at radius 1 is 1.19 bits per heavy atom. The molecule has 0 aliphatic carbocycles. The maximum atomic E-state index is 12.8. The number of nitrogens with zero attached hydrogens (tertiary/aromatic N) is 2. The van der Waals surface area contributed by atoms with Crippen LogP contribution in [0.3, 0.4) is 0 Å². The molecule has 2 heterocycles. The molecule has 7 nitrogen and oxygen atoms in total. The summed E-state index contributed by atoms with van der Waals surface area (Å²) in [5.41, 5.74) is 3.05. The number of fused-ring (bicyclic) bond motifs is 1. The Kier molecular flexibility index (Phi) is 6.24. The first-order valence-electron chi connectivity index (χ1n) is 9.34. The van der Waals surface area contributed by atoms with Crippen LogP contribution in [0.25, 0.3) is 0 Å². The van der Waals surface area contributed by atoms with Crippen LogP contribution in [0.4, 0.5) is 5.69 Å². The van der Waals surface area contributed by atoms with Crippen molar-refractivity contribution in [1.29, 1.82) is 0 Å². The number of hydrogen-bond donors (Lipinski definition) is 2. The third-order valence-corrected chi connectivity index (χ3v) is 4.66. The highest BCUT2D eigenvalue weighted by atomic mass is 16.5. The third-order valence-electron chi connectivity index (χ3n) is 4.66. The van der Waals surface area contributed by atoms with Crippen LogP contribution >= 0.6 is 0 Å². The Balaban J connectivity index is 1.78. The fraction of sp³-hybridized carbons (Fsp3) is 0.450. The van der Waals surface area contributed by atoms with E-state index in [0.717, 1.165) is 36.9 Å². The van der Waals surface area contributed by atoms with E-state index >= 15 is 0 Å². The highest BCUT2D eigenvalue weighted by Gasteiger charge is 2.27. The van der Waals surface area contributed by atoms with Crippen molar-refractivity contribution in [3.05, 3.63) is 47.0 Å². The van der Waals surface area contributed by atoms with Crippen molar-refractivity contribution in [2.24, 2.45) is 0 Å². The number of nitrogens with one attached hydrogen (secondary N) is 2. The summed E-state index contributed by atoms with van der Waals surface area (Å²) in [5, 5.41) is 5.74. The fourth-order valence-electron chi connectivity index (χ4n) is 3.22. The largest absolute Gasteiger partial charge is 0.385 e. The summed E-state index contributed by atoms with van der Waals surface area (Å²) in [4.78, 5) is 29.7. The van der Waals surface area contributed by atoms with Gasteiger partial charge in [0.05, 0.1) is 5.69 Å². The van der Waals surface area contributed by atoms with E-state index in [1.54, 1.807) is 7.11 Å². The maximum Gasteiger partial charge on any atom is 0.291 e. The Morgan fingerprint density at radius 2 is 1.96 bits per heavy atom. The number of hydrogen-bond acceptors (Lipinski definition) is 4. The van der Waals surface area contributed by atoms with Crippen molar-refractivity contribution in [3.8, 4) is 0 Å². The number of ether oxygens (including phenoxy) is 1. The molecule has 0 radical (unpaired) electrons. The molecule has 3 rings (SSSR count). The number of methoxy groups -OCH3 is 1. The summed E-state index contributed by atoms with van der Waals surface area (Å²) in [6, 6.07) is 7.60. The monoisotopic (exact) mass is 370 g/mol. The predicted molar refractivity (Wildman–Crippen MR) is 103 cm³/mol. The molecule has 0 fully saturated rings.